The topological polar surface area (TPSA) is 200 Å². The molecule has 10 rings (SSSR count). The molecule has 472 valence electrons. The van der Waals surface area contributed by atoms with Crippen molar-refractivity contribution in [1.29, 1.82) is 0 Å². The Kier molecular flexibility index (Phi) is 18.8. The maximum Gasteiger partial charge on any atom is 0.417 e. The van der Waals surface area contributed by atoms with Crippen LogP contribution in [0.25, 0.3) is 21.6 Å². The molecule has 0 spiro atoms. The predicted octanol–water partition coefficient (Wildman–Crippen LogP) is 9.20. The van der Waals surface area contributed by atoms with Gasteiger partial charge in [-0.25, -0.2) is 23.7 Å². The average Bonchev–Trinajstić information content (AvgIpc) is 2.41. The van der Waals surface area contributed by atoms with Gasteiger partial charge in [-0.1, -0.05) is 45.0 Å². The van der Waals surface area contributed by atoms with Gasteiger partial charge in [0.15, 0.2) is 0 Å². The van der Waals surface area contributed by atoms with Crippen molar-refractivity contribution >= 4 is 63.9 Å². The molecule has 18 nitrogen and oxygen atoms in total. The molecule has 0 unspecified atom stereocenters. The molecule has 6 heterocycles. The number of anilines is 4. The first-order valence-corrected chi connectivity index (χ1v) is 30.9. The number of piperazine rings is 2. The standard InChI is InChI=1S/C65H75F5N12O6S/c1-37-33-81(34-38(2)77(37)8)54-30-52(67)50(29-53(54)75-59(85)49-18-15-46(66)27-51(49)65(68,69)70)45-31-71-63(72-32-45)80-25-23-79(24-26-80)61(87)44-13-16-47(17-14-44)78-21-19-43(20-22-78)58(84)76-57(64(5,6)7)62(88)82-35-48(83)28-55(82)60(86)74-39(3)41-9-11-42(12-10-41)56-40(4)73-36-89-56/h9-18,27,29-32,36-39,43,48,55,57,83H,19-26,28,33-35H2,1-8H3,(H,74,86)(H,75,85)(H,76,84)/t37-,38+,39-,48+,55-,57+/m0/s1. The van der Waals surface area contributed by atoms with Gasteiger partial charge in [-0.15, -0.1) is 11.3 Å². The SMILES string of the molecule is Cc1ncsc1-c1ccc([C@H](C)NC(=O)[C@@H]2C[C@@H](O)CN2C(=O)[C@@H](NC(=O)C2CCN(c3ccc(C(=O)N4CCN(c5ncc(-c6cc(NC(=O)c7ccc(F)cc7C(F)(F)F)c(N7C[C@@H](C)N(C)[C@@H](C)C7)cc6F)cn5)CC4)cc3)CC2)C(C)(C)C)cc1. The number of benzene rings is 4. The number of aromatic nitrogens is 3. The molecule has 4 fully saturated rings. The number of nitrogens with one attached hydrogen (secondary N) is 3. The van der Waals surface area contributed by atoms with E-state index in [4.69, 9.17) is 0 Å². The fourth-order valence-corrected chi connectivity index (χ4v) is 13.1. The molecule has 4 aliphatic rings. The van der Waals surface area contributed by atoms with Crippen molar-refractivity contribution in [3.05, 3.63) is 136 Å². The van der Waals surface area contributed by atoms with E-state index in [1.807, 2.05) is 102 Å². The van der Waals surface area contributed by atoms with Gasteiger partial charge in [0.05, 0.1) is 50.7 Å². The summed E-state index contributed by atoms with van der Waals surface area (Å²) in [5.41, 5.74) is 3.63. The summed E-state index contributed by atoms with van der Waals surface area (Å²) in [5.74, 6) is -4.25. The number of carbonyl (C=O) groups excluding carboxylic acids is 5. The van der Waals surface area contributed by atoms with Gasteiger partial charge in [0.25, 0.3) is 11.8 Å². The highest BCUT2D eigenvalue weighted by molar-refractivity contribution is 7.13. The summed E-state index contributed by atoms with van der Waals surface area (Å²) in [6, 6.07) is 17.4. The number of aryl methyl sites for hydroxylation is 1. The number of likely N-dealkylation sites (N-methyl/N-ethyl adjacent to an activating group) is 1. The molecule has 24 heteroatoms. The van der Waals surface area contributed by atoms with Gasteiger partial charge >= 0.3 is 6.18 Å². The number of halogens is 5. The van der Waals surface area contributed by atoms with Gasteiger partial charge in [0.1, 0.15) is 23.7 Å². The van der Waals surface area contributed by atoms with E-state index in [1.165, 1.54) is 29.4 Å². The Labute approximate surface area is 518 Å². The summed E-state index contributed by atoms with van der Waals surface area (Å²) in [6.07, 6.45) is -1.99. The van der Waals surface area contributed by atoms with Crippen LogP contribution in [0.2, 0.25) is 0 Å². The second kappa shape index (κ2) is 26.2. The number of hydrogen-bond donors (Lipinski definition) is 4. The van der Waals surface area contributed by atoms with Crippen LogP contribution < -0.4 is 30.7 Å². The van der Waals surface area contributed by atoms with Crippen molar-refractivity contribution < 1.29 is 51.0 Å². The number of aliphatic hydroxyl groups excluding tert-OH is 1. The van der Waals surface area contributed by atoms with Crippen molar-refractivity contribution in [2.75, 3.05) is 86.0 Å². The fourth-order valence-electron chi connectivity index (χ4n) is 12.3. The number of rotatable bonds is 14. The molecule has 4 aliphatic heterocycles. The number of β-amino-alcohol motifs (C(OH)–C–C–N with tert-alkyl or cyclic N) is 1. The summed E-state index contributed by atoms with van der Waals surface area (Å²) in [5, 5.41) is 19.5. The lowest BCUT2D eigenvalue weighted by molar-refractivity contribution is -0.144. The molecule has 4 aromatic carbocycles. The van der Waals surface area contributed by atoms with Gasteiger partial charge in [0.2, 0.25) is 23.7 Å². The minimum atomic E-state index is -5.03. The largest absolute Gasteiger partial charge is 0.417 e. The number of piperidine rings is 1. The van der Waals surface area contributed by atoms with Gasteiger partial charge in [-0.05, 0) is 119 Å². The van der Waals surface area contributed by atoms with E-state index in [-0.39, 0.29) is 83.3 Å². The monoisotopic (exact) mass is 1250 g/mol. The molecule has 0 aliphatic carbocycles. The van der Waals surface area contributed by atoms with Gasteiger partial charge in [0, 0.05) is 118 Å². The number of hydrogen-bond acceptors (Lipinski definition) is 14. The quantitative estimate of drug-likeness (QED) is 0.0754. The Morgan fingerprint density at radius 1 is 0.742 bits per heavy atom. The van der Waals surface area contributed by atoms with Crippen molar-refractivity contribution in [1.82, 2.24) is 40.3 Å². The smallest absolute Gasteiger partial charge is 0.391 e. The van der Waals surface area contributed by atoms with Crippen molar-refractivity contribution in [3.63, 3.8) is 0 Å². The summed E-state index contributed by atoms with van der Waals surface area (Å²) in [7, 11) is 1.96. The number of amides is 5. The Morgan fingerprint density at radius 2 is 1.39 bits per heavy atom. The Morgan fingerprint density at radius 3 is 2.00 bits per heavy atom. The zero-order valence-electron chi connectivity index (χ0n) is 51.1. The Bertz CT molecular complexity index is 3560. The first-order chi connectivity index (χ1) is 42.2. The van der Waals surface area contributed by atoms with Crippen molar-refractivity contribution in [3.8, 4) is 21.6 Å². The van der Waals surface area contributed by atoms with E-state index in [0.29, 0.717) is 76.7 Å². The van der Waals surface area contributed by atoms with E-state index in [1.54, 1.807) is 33.9 Å². The van der Waals surface area contributed by atoms with Crippen molar-refractivity contribution in [2.45, 2.75) is 110 Å². The molecule has 0 radical (unpaired) electrons. The third-order valence-electron chi connectivity index (χ3n) is 17.8. The molecule has 0 bridgehead atoms. The van der Waals surface area contributed by atoms with Crippen LogP contribution in [0, 0.1) is 29.9 Å². The second-order valence-corrected chi connectivity index (χ2v) is 25.8. The zero-order valence-corrected chi connectivity index (χ0v) is 51.9. The third kappa shape index (κ3) is 14.2. The summed E-state index contributed by atoms with van der Waals surface area (Å²) >= 11 is 1.56. The van der Waals surface area contributed by atoms with Gasteiger partial charge in [-0.3, -0.25) is 28.9 Å². The highest BCUT2D eigenvalue weighted by Crippen LogP contribution is 2.39. The highest BCUT2D eigenvalue weighted by atomic mass is 32.1. The molecule has 5 amide bonds. The van der Waals surface area contributed by atoms with E-state index in [9.17, 15) is 46.6 Å². The van der Waals surface area contributed by atoms with E-state index in [2.05, 4.69) is 40.7 Å². The van der Waals surface area contributed by atoms with Crippen LogP contribution in [-0.4, -0.2) is 161 Å². The number of likely N-dealkylation sites (tertiary alicyclic amines) is 1. The minimum Gasteiger partial charge on any atom is -0.391 e. The van der Waals surface area contributed by atoms with E-state index < -0.39 is 64.4 Å². The van der Waals surface area contributed by atoms with E-state index >= 15 is 4.39 Å². The number of nitrogens with zero attached hydrogens (tertiary/aromatic N) is 9. The van der Waals surface area contributed by atoms with Crippen LogP contribution in [0.3, 0.4) is 0 Å². The number of alkyl halides is 3. The van der Waals surface area contributed by atoms with Crippen LogP contribution in [-0.2, 0) is 20.6 Å². The second-order valence-electron chi connectivity index (χ2n) is 24.9. The molecule has 6 atom stereocenters. The predicted molar refractivity (Wildman–Crippen MR) is 332 cm³/mol. The van der Waals surface area contributed by atoms with Gasteiger partial charge < -0.3 is 45.6 Å². The average molecular weight is 1250 g/mol. The lowest BCUT2D eigenvalue weighted by atomic mass is 9.84. The lowest BCUT2D eigenvalue weighted by Crippen LogP contribution is -2.59. The van der Waals surface area contributed by atoms with Crippen LogP contribution in [0.4, 0.5) is 45.0 Å². The van der Waals surface area contributed by atoms with E-state index in [0.717, 1.165) is 39.5 Å². The molecular weight excluding hydrogens is 1170 g/mol. The van der Waals surface area contributed by atoms with Crippen LogP contribution in [0.15, 0.2) is 96.8 Å². The first-order valence-electron chi connectivity index (χ1n) is 30.0. The molecular formula is C65H75F5N12O6S. The van der Waals surface area contributed by atoms with Crippen LogP contribution in [0.1, 0.15) is 104 Å². The molecule has 6 aromatic rings. The molecule has 89 heavy (non-hydrogen) atoms. The maximum atomic E-state index is 16.3. The number of carbonyl (C=O) groups is 5. The van der Waals surface area contributed by atoms with Crippen LogP contribution >= 0.6 is 11.3 Å². The van der Waals surface area contributed by atoms with Gasteiger partial charge in [-0.2, -0.15) is 13.2 Å². The maximum absolute atomic E-state index is 16.3. The zero-order chi connectivity index (χ0) is 63.8. The summed E-state index contributed by atoms with van der Waals surface area (Å²) in [4.78, 5) is 95.4. The molecule has 4 saturated heterocycles. The highest BCUT2D eigenvalue weighted by Gasteiger charge is 2.46. The molecule has 0 saturated carbocycles. The first kappa shape index (κ1) is 63.9. The minimum absolute atomic E-state index is 0.0129. The number of thiazole rings is 1. The lowest BCUT2D eigenvalue weighted by Gasteiger charge is -2.44. The van der Waals surface area contributed by atoms with Crippen LogP contribution in [0.5, 0.6) is 0 Å². The summed E-state index contributed by atoms with van der Waals surface area (Å²) < 4.78 is 72.4. The Hall–Kier alpha value is -8.09. The molecule has 2 aromatic heterocycles. The third-order valence-corrected chi connectivity index (χ3v) is 18.7. The normalized spacial score (nSPS) is 20.3. The number of aliphatic hydroxyl groups is 1. The summed E-state index contributed by atoms with van der Waals surface area (Å²) in [6.45, 7) is 16.8. The molecule has 4 N–H and O–H groups in total. The fraction of sp³-hybridized carbons (Fsp3) is 0.446. The van der Waals surface area contributed by atoms with Crippen molar-refractivity contribution in [2.24, 2.45) is 11.3 Å². The Balaban J connectivity index is 0.719.